The highest BCUT2D eigenvalue weighted by molar-refractivity contribution is 5.88. The van der Waals surface area contributed by atoms with Gasteiger partial charge in [0.25, 0.3) is 0 Å². The molecule has 3 aromatic rings. The lowest BCUT2D eigenvalue weighted by molar-refractivity contribution is 0.333. The second kappa shape index (κ2) is 6.47. The molecule has 0 aliphatic heterocycles. The van der Waals surface area contributed by atoms with Gasteiger partial charge < -0.3 is 14.6 Å². The van der Waals surface area contributed by atoms with Crippen LogP contribution < -0.4 is 10.1 Å². The maximum absolute atomic E-state index is 5.84. The Bertz CT molecular complexity index is 747. The van der Waals surface area contributed by atoms with Gasteiger partial charge in [0.1, 0.15) is 12.4 Å². The van der Waals surface area contributed by atoms with Gasteiger partial charge in [0, 0.05) is 11.3 Å². The van der Waals surface area contributed by atoms with E-state index in [0.717, 1.165) is 11.1 Å². The van der Waals surface area contributed by atoms with E-state index in [9.17, 15) is 0 Å². The molecule has 1 aromatic heterocycles. The molecular weight excluding hydrogens is 278 g/mol. The largest absolute Gasteiger partial charge is 0.491 e. The first-order valence-electron chi connectivity index (χ1n) is 7.42. The number of nitrogens with zero attached hydrogens (tertiary/aromatic N) is 2. The summed E-state index contributed by atoms with van der Waals surface area (Å²) in [5, 5.41) is 9.27. The van der Waals surface area contributed by atoms with E-state index < -0.39 is 0 Å². The summed E-state index contributed by atoms with van der Waals surface area (Å²) in [5.41, 5.74) is 0. The van der Waals surface area contributed by atoms with Crippen molar-refractivity contribution in [2.45, 2.75) is 19.8 Å². The first-order chi connectivity index (χ1) is 10.7. The van der Waals surface area contributed by atoms with E-state index in [1.165, 1.54) is 5.39 Å². The average molecular weight is 297 g/mol. The molecule has 3 rings (SSSR count). The van der Waals surface area contributed by atoms with Crippen LogP contribution in [-0.2, 0) is 0 Å². The molecular formula is C17H19N3O2. The zero-order valence-corrected chi connectivity index (χ0v) is 12.7. The van der Waals surface area contributed by atoms with Crippen LogP contribution in [0.15, 0.2) is 47.0 Å². The summed E-state index contributed by atoms with van der Waals surface area (Å²) in [5.74, 6) is 1.84. The van der Waals surface area contributed by atoms with Gasteiger partial charge in [-0.3, -0.25) is 0 Å². The molecule has 114 valence electrons. The van der Waals surface area contributed by atoms with Crippen molar-refractivity contribution in [1.29, 1.82) is 0 Å². The minimum absolute atomic E-state index is 0.256. The van der Waals surface area contributed by atoms with Crippen LogP contribution in [0.5, 0.6) is 5.75 Å². The van der Waals surface area contributed by atoms with E-state index in [1.807, 2.05) is 38.1 Å². The number of rotatable bonds is 6. The highest BCUT2D eigenvalue weighted by Gasteiger charge is 2.08. The zero-order valence-electron chi connectivity index (χ0n) is 12.7. The summed E-state index contributed by atoms with van der Waals surface area (Å²) in [7, 11) is 0. The smallest absolute Gasteiger partial charge is 0.321 e. The maximum Gasteiger partial charge on any atom is 0.321 e. The number of hydrogen-bond donors (Lipinski definition) is 1. The minimum atomic E-state index is 0.256. The molecule has 0 saturated heterocycles. The van der Waals surface area contributed by atoms with E-state index in [4.69, 9.17) is 9.26 Å². The molecule has 0 saturated carbocycles. The van der Waals surface area contributed by atoms with E-state index >= 15 is 0 Å². The van der Waals surface area contributed by atoms with Crippen molar-refractivity contribution in [3.8, 4) is 5.75 Å². The fourth-order valence-electron chi connectivity index (χ4n) is 2.18. The maximum atomic E-state index is 5.84. The van der Waals surface area contributed by atoms with Crippen molar-refractivity contribution in [2.75, 3.05) is 18.5 Å². The second-order valence-corrected chi connectivity index (χ2v) is 5.36. The van der Waals surface area contributed by atoms with Crippen LogP contribution in [0.3, 0.4) is 0 Å². The molecule has 1 heterocycles. The molecule has 22 heavy (non-hydrogen) atoms. The molecule has 0 atom stereocenters. The van der Waals surface area contributed by atoms with Gasteiger partial charge in [-0.05, 0) is 11.5 Å². The van der Waals surface area contributed by atoms with Crippen LogP contribution in [0.25, 0.3) is 10.8 Å². The molecule has 0 radical (unpaired) electrons. The molecule has 0 amide bonds. The third kappa shape index (κ3) is 3.19. The van der Waals surface area contributed by atoms with Crippen molar-refractivity contribution >= 4 is 16.8 Å². The Kier molecular flexibility index (Phi) is 4.23. The third-order valence-corrected chi connectivity index (χ3v) is 3.34. The van der Waals surface area contributed by atoms with Crippen molar-refractivity contribution in [3.63, 3.8) is 0 Å². The van der Waals surface area contributed by atoms with Gasteiger partial charge in [-0.25, -0.2) is 0 Å². The van der Waals surface area contributed by atoms with E-state index in [1.54, 1.807) is 0 Å². The van der Waals surface area contributed by atoms with Crippen LogP contribution in [0.4, 0.5) is 6.01 Å². The van der Waals surface area contributed by atoms with Gasteiger partial charge >= 0.3 is 6.01 Å². The number of fused-ring (bicyclic) bond motifs is 1. The zero-order chi connectivity index (χ0) is 15.4. The molecule has 5 heteroatoms. The highest BCUT2D eigenvalue weighted by Crippen LogP contribution is 2.24. The van der Waals surface area contributed by atoms with Gasteiger partial charge in [-0.15, -0.1) is 0 Å². The Morgan fingerprint density at radius 2 is 1.95 bits per heavy atom. The first kappa shape index (κ1) is 14.4. The molecule has 0 spiro atoms. The van der Waals surface area contributed by atoms with Gasteiger partial charge in [-0.2, -0.15) is 4.98 Å². The van der Waals surface area contributed by atoms with Crippen molar-refractivity contribution in [2.24, 2.45) is 0 Å². The molecule has 0 aliphatic carbocycles. The third-order valence-electron chi connectivity index (χ3n) is 3.34. The van der Waals surface area contributed by atoms with Crippen LogP contribution in [0, 0.1) is 0 Å². The molecule has 0 fully saturated rings. The van der Waals surface area contributed by atoms with E-state index in [2.05, 4.69) is 33.7 Å². The normalized spacial score (nSPS) is 11.0. The van der Waals surface area contributed by atoms with Crippen molar-refractivity contribution in [1.82, 2.24) is 10.1 Å². The fourth-order valence-corrected chi connectivity index (χ4v) is 2.18. The Morgan fingerprint density at radius 1 is 1.14 bits per heavy atom. The molecule has 0 aliphatic rings. The number of benzene rings is 2. The van der Waals surface area contributed by atoms with E-state index in [0.29, 0.717) is 25.0 Å². The lowest BCUT2D eigenvalue weighted by Crippen LogP contribution is -2.11. The molecule has 0 bridgehead atoms. The lowest BCUT2D eigenvalue weighted by atomic mass is 10.1. The number of aromatic nitrogens is 2. The summed E-state index contributed by atoms with van der Waals surface area (Å²) in [6.45, 7) is 5.17. The average Bonchev–Trinajstić information content (AvgIpc) is 3.01. The van der Waals surface area contributed by atoms with E-state index in [-0.39, 0.29) is 5.92 Å². The lowest BCUT2D eigenvalue weighted by Gasteiger charge is -2.09. The number of hydrogen-bond acceptors (Lipinski definition) is 5. The molecule has 2 aromatic carbocycles. The quantitative estimate of drug-likeness (QED) is 0.700. The SMILES string of the molecule is CC(C)c1noc(NCCOc2cccc3ccccc23)n1. The van der Waals surface area contributed by atoms with Crippen molar-refractivity contribution < 1.29 is 9.26 Å². The first-order valence-corrected chi connectivity index (χ1v) is 7.42. The summed E-state index contributed by atoms with van der Waals surface area (Å²) in [6, 6.07) is 14.7. The fraction of sp³-hybridized carbons (Fsp3) is 0.294. The Morgan fingerprint density at radius 3 is 2.77 bits per heavy atom. The minimum Gasteiger partial charge on any atom is -0.491 e. The second-order valence-electron chi connectivity index (χ2n) is 5.36. The monoisotopic (exact) mass is 297 g/mol. The Labute approximate surface area is 129 Å². The standard InChI is InChI=1S/C17H19N3O2/c1-12(2)16-19-17(22-20-16)18-10-11-21-15-9-5-7-13-6-3-4-8-14(13)15/h3-9,12H,10-11H2,1-2H3,(H,18,19,20). The highest BCUT2D eigenvalue weighted by atomic mass is 16.5. The summed E-state index contributed by atoms with van der Waals surface area (Å²) < 4.78 is 11.0. The van der Waals surface area contributed by atoms with Gasteiger partial charge in [0.15, 0.2) is 5.82 Å². The van der Waals surface area contributed by atoms with Gasteiger partial charge in [0.2, 0.25) is 0 Å². The summed E-state index contributed by atoms with van der Waals surface area (Å²) >= 11 is 0. The molecule has 0 unspecified atom stereocenters. The molecule has 5 nitrogen and oxygen atoms in total. The van der Waals surface area contributed by atoms with Crippen LogP contribution in [-0.4, -0.2) is 23.3 Å². The van der Waals surface area contributed by atoms with Crippen LogP contribution >= 0.6 is 0 Å². The Hall–Kier alpha value is -2.56. The summed E-state index contributed by atoms with van der Waals surface area (Å²) in [6.07, 6.45) is 0. The predicted molar refractivity (Wildman–Crippen MR) is 86.3 cm³/mol. The number of ether oxygens (including phenoxy) is 1. The number of anilines is 1. The summed E-state index contributed by atoms with van der Waals surface area (Å²) in [4.78, 5) is 4.26. The van der Waals surface area contributed by atoms with Gasteiger partial charge in [0.05, 0.1) is 6.54 Å². The van der Waals surface area contributed by atoms with Crippen LogP contribution in [0.1, 0.15) is 25.6 Å². The van der Waals surface area contributed by atoms with Crippen molar-refractivity contribution in [3.05, 3.63) is 48.3 Å². The Balaban J connectivity index is 1.56. The van der Waals surface area contributed by atoms with Gasteiger partial charge in [-0.1, -0.05) is 55.4 Å². The molecule has 1 N–H and O–H groups in total. The van der Waals surface area contributed by atoms with Crippen LogP contribution in [0.2, 0.25) is 0 Å². The number of nitrogens with one attached hydrogen (secondary N) is 1. The predicted octanol–water partition coefficient (Wildman–Crippen LogP) is 3.84. The topological polar surface area (TPSA) is 60.2 Å².